The number of thioether (sulfide) groups is 1. The molecule has 2 aromatic heterocycles. The summed E-state index contributed by atoms with van der Waals surface area (Å²) in [6.45, 7) is 2.03. The van der Waals surface area contributed by atoms with Gasteiger partial charge in [0.05, 0.1) is 33.7 Å². The summed E-state index contributed by atoms with van der Waals surface area (Å²) < 4.78 is 40.1. The van der Waals surface area contributed by atoms with Gasteiger partial charge in [0.2, 0.25) is 0 Å². The van der Waals surface area contributed by atoms with Crippen LogP contribution in [-0.2, 0) is 14.6 Å². The highest BCUT2D eigenvalue weighted by atomic mass is 32.2. The second kappa shape index (κ2) is 10.0. The number of halogens is 1. The first kappa shape index (κ1) is 26.0. The Kier molecular flexibility index (Phi) is 6.68. The third-order valence-corrected chi connectivity index (χ3v) is 10.3. The largest absolute Gasteiger partial charge is 0.366 e. The number of piperazine rings is 1. The van der Waals surface area contributed by atoms with Crippen LogP contribution in [0, 0.1) is 5.82 Å². The lowest BCUT2D eigenvalue weighted by molar-refractivity contribution is -0.123. The standard InChI is InChI=1S/C26H24FN5O4S3/c27-19-5-1-2-6-20(19)29-10-12-30(13-11-29)23-18(24(33)31-9-4-3-7-22(31)28-23)15-21-25(34)32(26(37)38-21)17-8-14-39(35,36)16-17/h1-7,9,15,17H,8,10-14,16H2/b21-15-/t17-/m1/s1. The van der Waals surface area contributed by atoms with Gasteiger partial charge in [0.25, 0.3) is 11.5 Å². The first-order chi connectivity index (χ1) is 18.7. The highest BCUT2D eigenvalue weighted by Gasteiger charge is 2.42. The number of nitrogens with zero attached hydrogens (tertiary/aromatic N) is 5. The monoisotopic (exact) mass is 585 g/mol. The molecule has 39 heavy (non-hydrogen) atoms. The summed E-state index contributed by atoms with van der Waals surface area (Å²) in [6, 6.07) is 11.4. The Morgan fingerprint density at radius 1 is 1.03 bits per heavy atom. The molecule has 5 heterocycles. The molecule has 3 saturated heterocycles. The summed E-state index contributed by atoms with van der Waals surface area (Å²) >= 11 is 6.51. The van der Waals surface area contributed by atoms with E-state index in [0.717, 1.165) is 11.8 Å². The third-order valence-electron chi connectivity index (χ3n) is 7.19. The zero-order valence-electron chi connectivity index (χ0n) is 20.7. The van der Waals surface area contributed by atoms with Gasteiger partial charge in [-0.3, -0.25) is 18.9 Å². The zero-order chi connectivity index (χ0) is 27.3. The predicted molar refractivity (Wildman–Crippen MR) is 154 cm³/mol. The molecule has 0 saturated carbocycles. The average Bonchev–Trinajstić information content (AvgIpc) is 3.42. The molecule has 9 nitrogen and oxygen atoms in total. The number of carbonyl (C=O) groups excluding carboxylic acids is 1. The van der Waals surface area contributed by atoms with Gasteiger partial charge in [-0.2, -0.15) is 0 Å². The fourth-order valence-corrected chi connectivity index (χ4v) is 8.31. The zero-order valence-corrected chi connectivity index (χ0v) is 23.1. The lowest BCUT2D eigenvalue weighted by Gasteiger charge is -2.37. The van der Waals surface area contributed by atoms with Crippen LogP contribution in [0.3, 0.4) is 0 Å². The van der Waals surface area contributed by atoms with Crippen LogP contribution in [-0.4, -0.2) is 76.7 Å². The molecule has 1 aromatic carbocycles. The maximum atomic E-state index is 14.4. The molecule has 6 rings (SSSR count). The molecular weight excluding hydrogens is 562 g/mol. The molecular formula is C26H24FN5O4S3. The predicted octanol–water partition coefficient (Wildman–Crippen LogP) is 2.55. The fraction of sp³-hybridized carbons (Fsp3) is 0.308. The molecule has 0 unspecified atom stereocenters. The molecule has 3 aliphatic heterocycles. The highest BCUT2D eigenvalue weighted by Crippen LogP contribution is 2.37. The molecule has 0 radical (unpaired) electrons. The van der Waals surface area contributed by atoms with Gasteiger partial charge in [0, 0.05) is 32.4 Å². The number of aromatic nitrogens is 2. The van der Waals surface area contributed by atoms with Crippen LogP contribution in [0.25, 0.3) is 11.7 Å². The molecule has 1 amide bonds. The van der Waals surface area contributed by atoms with E-state index in [2.05, 4.69) is 0 Å². The van der Waals surface area contributed by atoms with Crippen molar-refractivity contribution < 1.29 is 17.6 Å². The van der Waals surface area contributed by atoms with Crippen molar-refractivity contribution >= 4 is 67.3 Å². The van der Waals surface area contributed by atoms with Gasteiger partial charge in [-0.1, -0.05) is 42.2 Å². The minimum atomic E-state index is -3.22. The number of amides is 1. The maximum Gasteiger partial charge on any atom is 0.267 e. The van der Waals surface area contributed by atoms with Crippen molar-refractivity contribution in [2.75, 3.05) is 47.5 Å². The van der Waals surface area contributed by atoms with Crippen molar-refractivity contribution in [3.8, 4) is 0 Å². The number of hydrogen-bond donors (Lipinski definition) is 0. The molecule has 3 aromatic rings. The Hall–Kier alpha value is -3.29. The van der Waals surface area contributed by atoms with Crippen LogP contribution in [0.2, 0.25) is 0 Å². The lowest BCUT2D eigenvalue weighted by atomic mass is 10.2. The quantitative estimate of drug-likeness (QED) is 0.338. The highest BCUT2D eigenvalue weighted by molar-refractivity contribution is 8.26. The van der Waals surface area contributed by atoms with Crippen LogP contribution in [0.4, 0.5) is 15.9 Å². The van der Waals surface area contributed by atoms with E-state index < -0.39 is 21.8 Å². The second-order valence-corrected chi connectivity index (χ2v) is 13.5. The smallest absolute Gasteiger partial charge is 0.267 e. The summed E-state index contributed by atoms with van der Waals surface area (Å²) in [5, 5.41) is 0. The first-order valence-corrected chi connectivity index (χ1v) is 15.5. The molecule has 202 valence electrons. The SMILES string of the molecule is O=C1/C(=C/c2c(N3CCN(c4ccccc4F)CC3)nc3ccccn3c2=O)SC(=S)N1[C@@H]1CCS(=O)(=O)C1. The van der Waals surface area contributed by atoms with E-state index in [4.69, 9.17) is 17.2 Å². The van der Waals surface area contributed by atoms with E-state index in [-0.39, 0.29) is 37.7 Å². The average molecular weight is 586 g/mol. The molecule has 0 aliphatic carbocycles. The van der Waals surface area contributed by atoms with Crippen LogP contribution in [0.15, 0.2) is 58.4 Å². The minimum absolute atomic E-state index is 0.0206. The number of thiocarbonyl (C=S) groups is 1. The fourth-order valence-electron chi connectivity index (χ4n) is 5.23. The summed E-state index contributed by atoms with van der Waals surface area (Å²) in [6.07, 6.45) is 3.48. The molecule has 1 atom stereocenters. The number of anilines is 2. The Bertz CT molecular complexity index is 1700. The number of para-hydroxylation sites is 1. The lowest BCUT2D eigenvalue weighted by Crippen LogP contribution is -2.47. The second-order valence-electron chi connectivity index (χ2n) is 9.62. The Morgan fingerprint density at radius 3 is 2.46 bits per heavy atom. The molecule has 13 heteroatoms. The van der Waals surface area contributed by atoms with Gasteiger partial charge in [0.15, 0.2) is 9.84 Å². The first-order valence-electron chi connectivity index (χ1n) is 12.5. The number of pyridine rings is 1. The number of benzene rings is 1. The van der Waals surface area contributed by atoms with Crippen LogP contribution >= 0.6 is 24.0 Å². The van der Waals surface area contributed by atoms with Crippen molar-refractivity contribution in [3.05, 3.63) is 75.3 Å². The summed E-state index contributed by atoms with van der Waals surface area (Å²) in [7, 11) is -3.22. The van der Waals surface area contributed by atoms with Gasteiger partial charge >= 0.3 is 0 Å². The van der Waals surface area contributed by atoms with E-state index >= 15 is 0 Å². The van der Waals surface area contributed by atoms with E-state index in [9.17, 15) is 22.4 Å². The molecule has 0 N–H and O–H groups in total. The van der Waals surface area contributed by atoms with Crippen molar-refractivity contribution in [2.45, 2.75) is 12.5 Å². The number of fused-ring (bicyclic) bond motifs is 1. The van der Waals surface area contributed by atoms with Crippen LogP contribution in [0.1, 0.15) is 12.0 Å². The molecule has 0 spiro atoms. The normalized spacial score (nSPS) is 22.4. The number of rotatable bonds is 4. The van der Waals surface area contributed by atoms with E-state index in [1.807, 2.05) is 9.80 Å². The summed E-state index contributed by atoms with van der Waals surface area (Å²) in [5.41, 5.74) is 0.912. The van der Waals surface area contributed by atoms with Gasteiger partial charge in [-0.15, -0.1) is 0 Å². The molecule has 3 aliphatic rings. The topological polar surface area (TPSA) is 95.3 Å². The van der Waals surface area contributed by atoms with Gasteiger partial charge < -0.3 is 9.80 Å². The molecule has 0 bridgehead atoms. The van der Waals surface area contributed by atoms with Crippen LogP contribution < -0.4 is 15.4 Å². The van der Waals surface area contributed by atoms with Gasteiger partial charge in [-0.05, 0) is 36.8 Å². The minimum Gasteiger partial charge on any atom is -0.366 e. The van der Waals surface area contributed by atoms with E-state index in [0.29, 0.717) is 49.8 Å². The Labute approximate surface area is 233 Å². The number of sulfone groups is 1. The van der Waals surface area contributed by atoms with E-state index in [1.54, 1.807) is 42.6 Å². The Morgan fingerprint density at radius 2 is 1.74 bits per heavy atom. The van der Waals surface area contributed by atoms with Crippen molar-refractivity contribution in [3.63, 3.8) is 0 Å². The van der Waals surface area contributed by atoms with Crippen molar-refractivity contribution in [1.82, 2.24) is 14.3 Å². The van der Waals surface area contributed by atoms with Crippen molar-refractivity contribution in [1.29, 1.82) is 0 Å². The number of hydrogen-bond acceptors (Lipinski definition) is 9. The Balaban J connectivity index is 1.35. The van der Waals surface area contributed by atoms with Crippen molar-refractivity contribution in [2.24, 2.45) is 0 Å². The number of carbonyl (C=O) groups is 1. The van der Waals surface area contributed by atoms with E-state index in [1.165, 1.54) is 21.4 Å². The third kappa shape index (κ3) is 4.83. The maximum absolute atomic E-state index is 14.4. The summed E-state index contributed by atoms with van der Waals surface area (Å²) in [5.74, 6) is -0.351. The van der Waals surface area contributed by atoms with Gasteiger partial charge in [0.1, 0.15) is 21.6 Å². The summed E-state index contributed by atoms with van der Waals surface area (Å²) in [4.78, 5) is 37.4. The molecule has 3 fully saturated rings. The van der Waals surface area contributed by atoms with Gasteiger partial charge in [-0.25, -0.2) is 17.8 Å². The van der Waals surface area contributed by atoms with Crippen LogP contribution in [0.5, 0.6) is 0 Å².